The molecular formula is C16H17N3. The highest BCUT2D eigenvalue weighted by atomic mass is 15.0. The van der Waals surface area contributed by atoms with Crippen LogP contribution in [0.2, 0.25) is 0 Å². The van der Waals surface area contributed by atoms with Gasteiger partial charge in [-0.15, -0.1) is 0 Å². The highest BCUT2D eigenvalue weighted by Gasteiger charge is 2.17. The Morgan fingerprint density at radius 3 is 2.42 bits per heavy atom. The fourth-order valence-corrected chi connectivity index (χ4v) is 1.92. The van der Waals surface area contributed by atoms with Gasteiger partial charge in [-0.2, -0.15) is 5.26 Å². The number of benzene rings is 1. The second-order valence-corrected chi connectivity index (χ2v) is 5.46. The van der Waals surface area contributed by atoms with Crippen LogP contribution in [0.25, 0.3) is 0 Å². The van der Waals surface area contributed by atoms with E-state index in [0.29, 0.717) is 5.56 Å². The summed E-state index contributed by atoms with van der Waals surface area (Å²) in [4.78, 5) is 4.23. The predicted molar refractivity (Wildman–Crippen MR) is 77.4 cm³/mol. The zero-order valence-corrected chi connectivity index (χ0v) is 11.4. The molecule has 3 heteroatoms. The Bertz CT molecular complexity index is 601. The molecule has 19 heavy (non-hydrogen) atoms. The number of nitriles is 1. The summed E-state index contributed by atoms with van der Waals surface area (Å²) in [6, 6.07) is 13.8. The van der Waals surface area contributed by atoms with Crippen molar-refractivity contribution in [3.05, 3.63) is 53.7 Å². The van der Waals surface area contributed by atoms with E-state index in [4.69, 9.17) is 5.26 Å². The lowest BCUT2D eigenvalue weighted by Gasteiger charge is -2.23. The van der Waals surface area contributed by atoms with Crippen LogP contribution < -0.4 is 5.32 Å². The first-order valence-electron chi connectivity index (χ1n) is 6.23. The van der Waals surface area contributed by atoms with Crippen molar-refractivity contribution in [1.29, 1.82) is 5.26 Å². The van der Waals surface area contributed by atoms with E-state index in [1.165, 1.54) is 5.56 Å². The van der Waals surface area contributed by atoms with Gasteiger partial charge < -0.3 is 5.32 Å². The van der Waals surface area contributed by atoms with Gasteiger partial charge in [-0.1, -0.05) is 39.0 Å². The van der Waals surface area contributed by atoms with Crippen LogP contribution in [0.4, 0.5) is 11.5 Å². The first kappa shape index (κ1) is 13.1. The van der Waals surface area contributed by atoms with Crippen LogP contribution in [0.3, 0.4) is 0 Å². The summed E-state index contributed by atoms with van der Waals surface area (Å²) in [7, 11) is 0. The minimum atomic E-state index is 0.0657. The van der Waals surface area contributed by atoms with Gasteiger partial charge >= 0.3 is 0 Å². The molecule has 96 valence electrons. The quantitative estimate of drug-likeness (QED) is 0.877. The third-order valence-electron chi connectivity index (χ3n) is 2.89. The smallest absolute Gasteiger partial charge is 0.130 e. The Labute approximate surface area is 113 Å². The van der Waals surface area contributed by atoms with E-state index in [1.54, 1.807) is 12.3 Å². The molecule has 2 rings (SSSR count). The molecule has 1 N–H and O–H groups in total. The molecule has 0 spiro atoms. The number of anilines is 2. The molecule has 1 aromatic heterocycles. The summed E-state index contributed by atoms with van der Waals surface area (Å²) < 4.78 is 0. The lowest BCUT2D eigenvalue weighted by molar-refractivity contribution is 0.592. The Morgan fingerprint density at radius 1 is 1.11 bits per heavy atom. The number of nitrogens with zero attached hydrogens (tertiary/aromatic N) is 2. The minimum absolute atomic E-state index is 0.0657. The predicted octanol–water partition coefficient (Wildman–Crippen LogP) is 3.99. The molecule has 0 aliphatic carbocycles. The van der Waals surface area contributed by atoms with Crippen molar-refractivity contribution in [2.75, 3.05) is 5.32 Å². The zero-order chi connectivity index (χ0) is 13.9. The molecule has 0 fully saturated rings. The molecule has 0 radical (unpaired) electrons. The number of hydrogen-bond donors (Lipinski definition) is 1. The average molecular weight is 251 g/mol. The number of hydrogen-bond acceptors (Lipinski definition) is 3. The van der Waals surface area contributed by atoms with E-state index in [0.717, 1.165) is 11.5 Å². The van der Waals surface area contributed by atoms with Gasteiger partial charge in [0.05, 0.1) is 5.56 Å². The Hall–Kier alpha value is -2.34. The van der Waals surface area contributed by atoms with E-state index >= 15 is 0 Å². The molecule has 0 atom stereocenters. The average Bonchev–Trinajstić information content (AvgIpc) is 2.39. The maximum Gasteiger partial charge on any atom is 0.130 e. The second-order valence-electron chi connectivity index (χ2n) is 5.46. The van der Waals surface area contributed by atoms with Gasteiger partial charge in [-0.3, -0.25) is 0 Å². The highest BCUT2D eigenvalue weighted by molar-refractivity contribution is 5.62. The SMILES string of the molecule is CC(C)(C)c1ccccc1Nc1ccc(C#N)cn1. The van der Waals surface area contributed by atoms with Crippen molar-refractivity contribution in [1.82, 2.24) is 4.98 Å². The van der Waals surface area contributed by atoms with Crippen molar-refractivity contribution in [3.63, 3.8) is 0 Å². The molecule has 0 unspecified atom stereocenters. The van der Waals surface area contributed by atoms with Crippen molar-refractivity contribution in [3.8, 4) is 6.07 Å². The number of pyridine rings is 1. The van der Waals surface area contributed by atoms with Gasteiger partial charge in [0, 0.05) is 11.9 Å². The molecule has 0 aliphatic heterocycles. The Kier molecular flexibility index (Phi) is 3.52. The first-order valence-corrected chi connectivity index (χ1v) is 6.23. The summed E-state index contributed by atoms with van der Waals surface area (Å²) in [5.41, 5.74) is 2.92. The lowest BCUT2D eigenvalue weighted by Crippen LogP contribution is -2.13. The second kappa shape index (κ2) is 5.11. The van der Waals surface area contributed by atoms with Crippen LogP contribution >= 0.6 is 0 Å². The topological polar surface area (TPSA) is 48.7 Å². The molecule has 0 saturated heterocycles. The summed E-state index contributed by atoms with van der Waals surface area (Å²) in [5.74, 6) is 0.746. The molecule has 2 aromatic rings. The van der Waals surface area contributed by atoms with Gasteiger partial charge in [0.15, 0.2) is 0 Å². The maximum atomic E-state index is 8.76. The summed E-state index contributed by atoms with van der Waals surface area (Å²) in [6.45, 7) is 6.54. The van der Waals surface area contributed by atoms with Crippen molar-refractivity contribution < 1.29 is 0 Å². The van der Waals surface area contributed by atoms with Crippen LogP contribution in [0, 0.1) is 11.3 Å². The zero-order valence-electron chi connectivity index (χ0n) is 11.4. The maximum absolute atomic E-state index is 8.76. The number of aromatic nitrogens is 1. The van der Waals surface area contributed by atoms with Gasteiger partial charge in [0.1, 0.15) is 11.9 Å². The fraction of sp³-hybridized carbons (Fsp3) is 0.250. The van der Waals surface area contributed by atoms with Crippen molar-refractivity contribution >= 4 is 11.5 Å². The van der Waals surface area contributed by atoms with Gasteiger partial charge in [-0.05, 0) is 29.2 Å². The summed E-state index contributed by atoms with van der Waals surface area (Å²) in [5, 5.41) is 12.1. The van der Waals surface area contributed by atoms with E-state index in [2.05, 4.69) is 43.2 Å². The number of para-hydroxylation sites is 1. The van der Waals surface area contributed by atoms with Gasteiger partial charge in [0.2, 0.25) is 0 Å². The van der Waals surface area contributed by atoms with Crippen LogP contribution in [0.15, 0.2) is 42.6 Å². The summed E-state index contributed by atoms with van der Waals surface area (Å²) >= 11 is 0. The van der Waals surface area contributed by atoms with E-state index in [-0.39, 0.29) is 5.41 Å². The monoisotopic (exact) mass is 251 g/mol. The van der Waals surface area contributed by atoms with E-state index in [9.17, 15) is 0 Å². The molecule has 0 saturated carbocycles. The molecule has 0 amide bonds. The van der Waals surface area contributed by atoms with E-state index in [1.807, 2.05) is 24.3 Å². The molecular weight excluding hydrogens is 234 g/mol. The number of nitrogens with one attached hydrogen (secondary N) is 1. The lowest BCUT2D eigenvalue weighted by atomic mass is 9.86. The third kappa shape index (κ3) is 3.11. The van der Waals surface area contributed by atoms with E-state index < -0.39 is 0 Å². The molecule has 0 bridgehead atoms. The number of rotatable bonds is 2. The van der Waals surface area contributed by atoms with Crippen LogP contribution in [-0.4, -0.2) is 4.98 Å². The molecule has 1 heterocycles. The van der Waals surface area contributed by atoms with Gasteiger partial charge in [0.25, 0.3) is 0 Å². The molecule has 1 aromatic carbocycles. The Balaban J connectivity index is 2.31. The normalized spacial score (nSPS) is 10.8. The fourth-order valence-electron chi connectivity index (χ4n) is 1.92. The van der Waals surface area contributed by atoms with Crippen LogP contribution in [-0.2, 0) is 5.41 Å². The first-order chi connectivity index (χ1) is 9.00. The van der Waals surface area contributed by atoms with Gasteiger partial charge in [-0.25, -0.2) is 4.98 Å². The third-order valence-corrected chi connectivity index (χ3v) is 2.89. The van der Waals surface area contributed by atoms with Crippen LogP contribution in [0.1, 0.15) is 31.9 Å². The van der Waals surface area contributed by atoms with Crippen molar-refractivity contribution in [2.24, 2.45) is 0 Å². The van der Waals surface area contributed by atoms with Crippen LogP contribution in [0.5, 0.6) is 0 Å². The minimum Gasteiger partial charge on any atom is -0.340 e. The Morgan fingerprint density at radius 2 is 1.84 bits per heavy atom. The molecule has 0 aliphatic rings. The van der Waals surface area contributed by atoms with Crippen molar-refractivity contribution in [2.45, 2.75) is 26.2 Å². The molecule has 3 nitrogen and oxygen atoms in total. The standard InChI is InChI=1S/C16H17N3/c1-16(2,3)13-6-4-5-7-14(13)19-15-9-8-12(10-17)11-18-15/h4-9,11H,1-3H3,(H,18,19). The highest BCUT2D eigenvalue weighted by Crippen LogP contribution is 2.30. The largest absolute Gasteiger partial charge is 0.340 e. The summed E-state index contributed by atoms with van der Waals surface area (Å²) in [6.07, 6.45) is 1.57.